The number of benzene rings is 2. The summed E-state index contributed by atoms with van der Waals surface area (Å²) in [5.74, 6) is 0. The molecule has 170 valence electrons. The monoisotopic (exact) mass is 464 g/mol. The number of aryl methyl sites for hydroxylation is 2. The summed E-state index contributed by atoms with van der Waals surface area (Å²) in [5, 5.41) is 6.92. The van der Waals surface area contributed by atoms with Gasteiger partial charge in [-0.25, -0.2) is 9.97 Å². The van der Waals surface area contributed by atoms with E-state index in [0.717, 1.165) is 68.1 Å². The molecule has 6 heteroatoms. The molecule has 0 N–H and O–H groups in total. The number of aromatic nitrogens is 6. The summed E-state index contributed by atoms with van der Waals surface area (Å²) in [5.41, 5.74) is 6.33. The van der Waals surface area contributed by atoms with Gasteiger partial charge in [0.2, 0.25) is 0 Å². The molecule has 0 spiro atoms. The standard InChI is InChI=1S/C30H20N6/c1-3-7-23-21(5-1)25-15-31-13-11-27(25)35-17-19(33-29(23)35)9-10-20-18-36-28-12-14-32-16-26(28)22-6-2-4-8-24(22)30(36)34-20/h1-8,11-18H,9-10H2. The molecule has 8 rings (SSSR count). The fraction of sp³-hybridized carbons (Fsp3) is 0.0667. The fourth-order valence-corrected chi connectivity index (χ4v) is 5.54. The van der Waals surface area contributed by atoms with Crippen LogP contribution in [0.3, 0.4) is 0 Å². The van der Waals surface area contributed by atoms with Gasteiger partial charge < -0.3 is 0 Å². The molecule has 0 aliphatic rings. The Morgan fingerprint density at radius 2 is 0.944 bits per heavy atom. The van der Waals surface area contributed by atoms with Gasteiger partial charge in [-0.1, -0.05) is 48.5 Å². The van der Waals surface area contributed by atoms with Crippen molar-refractivity contribution in [3.8, 4) is 0 Å². The van der Waals surface area contributed by atoms with Crippen LogP contribution in [0.2, 0.25) is 0 Å². The van der Waals surface area contributed by atoms with Crippen molar-refractivity contribution in [1.29, 1.82) is 0 Å². The van der Waals surface area contributed by atoms with Crippen molar-refractivity contribution in [2.45, 2.75) is 12.8 Å². The van der Waals surface area contributed by atoms with Crippen LogP contribution in [-0.4, -0.2) is 28.7 Å². The molecule has 2 aromatic carbocycles. The van der Waals surface area contributed by atoms with Crippen LogP contribution in [0.25, 0.3) is 54.6 Å². The van der Waals surface area contributed by atoms with E-state index in [1.165, 1.54) is 10.8 Å². The lowest BCUT2D eigenvalue weighted by molar-refractivity contribution is 0.901. The maximum absolute atomic E-state index is 5.06. The Hall–Kier alpha value is -4.84. The first-order chi connectivity index (χ1) is 17.8. The third-order valence-electron chi connectivity index (χ3n) is 7.18. The van der Waals surface area contributed by atoms with E-state index in [4.69, 9.17) is 9.97 Å². The van der Waals surface area contributed by atoms with Crippen molar-refractivity contribution >= 4 is 54.6 Å². The summed E-state index contributed by atoms with van der Waals surface area (Å²) < 4.78 is 4.40. The van der Waals surface area contributed by atoms with Crippen LogP contribution in [0.1, 0.15) is 11.4 Å². The SMILES string of the molecule is c1ccc2c(c1)c1cnccc1n1cc(CCc3cn4c5ccncc5c5ccccc5c4n3)nc21. The van der Waals surface area contributed by atoms with E-state index in [2.05, 4.69) is 91.8 Å². The summed E-state index contributed by atoms with van der Waals surface area (Å²) in [6.45, 7) is 0. The third-order valence-corrected chi connectivity index (χ3v) is 7.18. The summed E-state index contributed by atoms with van der Waals surface area (Å²) in [6.07, 6.45) is 13.5. The van der Waals surface area contributed by atoms with E-state index in [1.54, 1.807) is 0 Å². The van der Waals surface area contributed by atoms with Crippen LogP contribution in [0.4, 0.5) is 0 Å². The molecule has 0 unspecified atom stereocenters. The average Bonchev–Trinajstić information content (AvgIpc) is 3.58. The topological polar surface area (TPSA) is 60.4 Å². The first-order valence-corrected chi connectivity index (χ1v) is 12.1. The molecule has 0 aliphatic carbocycles. The van der Waals surface area contributed by atoms with E-state index in [1.807, 2.05) is 24.8 Å². The zero-order valence-electron chi connectivity index (χ0n) is 19.3. The lowest BCUT2D eigenvalue weighted by Crippen LogP contribution is -1.91. The normalized spacial score (nSPS) is 12.1. The molecule has 0 saturated heterocycles. The molecule has 8 aromatic rings. The number of imidazole rings is 2. The van der Waals surface area contributed by atoms with Gasteiger partial charge in [0.05, 0.1) is 22.4 Å². The predicted octanol–water partition coefficient (Wildman–Crippen LogP) is 6.17. The fourth-order valence-electron chi connectivity index (χ4n) is 5.54. The number of hydrogen-bond acceptors (Lipinski definition) is 4. The quantitative estimate of drug-likeness (QED) is 0.293. The van der Waals surface area contributed by atoms with Crippen LogP contribution < -0.4 is 0 Å². The third kappa shape index (κ3) is 2.72. The molecule has 6 heterocycles. The van der Waals surface area contributed by atoms with Crippen molar-refractivity contribution in [2.24, 2.45) is 0 Å². The van der Waals surface area contributed by atoms with Crippen LogP contribution in [0.5, 0.6) is 0 Å². The van der Waals surface area contributed by atoms with Gasteiger partial charge in [0.25, 0.3) is 0 Å². The zero-order chi connectivity index (χ0) is 23.6. The number of pyridine rings is 4. The Morgan fingerprint density at radius 1 is 0.500 bits per heavy atom. The molecule has 6 aromatic heterocycles. The Morgan fingerprint density at radius 3 is 1.42 bits per heavy atom. The lowest BCUT2D eigenvalue weighted by atomic mass is 10.1. The molecule has 0 amide bonds. The van der Waals surface area contributed by atoms with Gasteiger partial charge in [0.1, 0.15) is 11.3 Å². The number of rotatable bonds is 3. The highest BCUT2D eigenvalue weighted by Crippen LogP contribution is 2.30. The molecular formula is C30H20N6. The van der Waals surface area contributed by atoms with Crippen molar-refractivity contribution in [3.63, 3.8) is 0 Å². The minimum atomic E-state index is 0.809. The first-order valence-electron chi connectivity index (χ1n) is 12.1. The molecule has 0 bridgehead atoms. The van der Waals surface area contributed by atoms with Crippen molar-refractivity contribution < 1.29 is 0 Å². The largest absolute Gasteiger partial charge is 0.299 e. The van der Waals surface area contributed by atoms with Crippen LogP contribution >= 0.6 is 0 Å². The van der Waals surface area contributed by atoms with E-state index in [0.29, 0.717) is 0 Å². The molecule has 0 atom stereocenters. The van der Waals surface area contributed by atoms with Gasteiger partial charge in [0, 0.05) is 58.7 Å². The number of fused-ring (bicyclic) bond motifs is 12. The molecule has 36 heavy (non-hydrogen) atoms. The van der Waals surface area contributed by atoms with E-state index < -0.39 is 0 Å². The van der Waals surface area contributed by atoms with Gasteiger partial charge in [-0.15, -0.1) is 0 Å². The van der Waals surface area contributed by atoms with Gasteiger partial charge in [-0.3, -0.25) is 18.8 Å². The predicted molar refractivity (Wildman–Crippen MR) is 143 cm³/mol. The zero-order valence-corrected chi connectivity index (χ0v) is 19.3. The maximum Gasteiger partial charge on any atom is 0.145 e. The second-order valence-corrected chi connectivity index (χ2v) is 9.23. The smallest absolute Gasteiger partial charge is 0.145 e. The minimum Gasteiger partial charge on any atom is -0.299 e. The number of hydrogen-bond donors (Lipinski definition) is 0. The second kappa shape index (κ2) is 7.33. The summed E-state index contributed by atoms with van der Waals surface area (Å²) in [7, 11) is 0. The summed E-state index contributed by atoms with van der Waals surface area (Å²) in [6, 6.07) is 21.0. The van der Waals surface area contributed by atoms with E-state index in [-0.39, 0.29) is 0 Å². The Bertz CT molecular complexity index is 1820. The molecule has 0 saturated carbocycles. The Balaban J connectivity index is 1.25. The number of nitrogens with zero attached hydrogens (tertiary/aromatic N) is 6. The Labute approximate surface area is 205 Å². The van der Waals surface area contributed by atoms with Crippen LogP contribution in [0, 0.1) is 0 Å². The highest BCUT2D eigenvalue weighted by atomic mass is 15.0. The van der Waals surface area contributed by atoms with Crippen molar-refractivity contribution in [3.05, 3.63) is 109 Å². The molecule has 0 aliphatic heterocycles. The molecular weight excluding hydrogens is 444 g/mol. The molecule has 0 radical (unpaired) electrons. The average molecular weight is 465 g/mol. The van der Waals surface area contributed by atoms with Gasteiger partial charge in [-0.05, 0) is 35.7 Å². The minimum absolute atomic E-state index is 0.809. The van der Waals surface area contributed by atoms with Gasteiger partial charge in [-0.2, -0.15) is 0 Å². The van der Waals surface area contributed by atoms with E-state index >= 15 is 0 Å². The van der Waals surface area contributed by atoms with Gasteiger partial charge in [0.15, 0.2) is 0 Å². The molecule has 6 nitrogen and oxygen atoms in total. The van der Waals surface area contributed by atoms with Crippen molar-refractivity contribution in [2.75, 3.05) is 0 Å². The highest BCUT2D eigenvalue weighted by Gasteiger charge is 2.14. The van der Waals surface area contributed by atoms with Gasteiger partial charge >= 0.3 is 0 Å². The highest BCUT2D eigenvalue weighted by molar-refractivity contribution is 6.12. The summed E-state index contributed by atoms with van der Waals surface area (Å²) in [4.78, 5) is 18.9. The van der Waals surface area contributed by atoms with Crippen LogP contribution in [0.15, 0.2) is 97.8 Å². The van der Waals surface area contributed by atoms with Crippen molar-refractivity contribution in [1.82, 2.24) is 28.7 Å². The second-order valence-electron chi connectivity index (χ2n) is 9.23. The van der Waals surface area contributed by atoms with E-state index in [9.17, 15) is 0 Å². The maximum atomic E-state index is 5.06. The summed E-state index contributed by atoms with van der Waals surface area (Å²) >= 11 is 0. The first kappa shape index (κ1) is 19.5. The lowest BCUT2D eigenvalue weighted by Gasteiger charge is -2.06. The molecule has 0 fully saturated rings. The Kier molecular flexibility index (Phi) is 3.96. The van der Waals surface area contributed by atoms with Crippen LogP contribution in [-0.2, 0) is 12.8 Å².